The molecule has 0 heterocycles. The van der Waals surface area contributed by atoms with Gasteiger partial charge in [0.25, 0.3) is 0 Å². The van der Waals surface area contributed by atoms with E-state index < -0.39 is 0 Å². The van der Waals surface area contributed by atoms with E-state index in [1.54, 1.807) is 0 Å². The molecule has 2 aromatic rings. The molecule has 7 rings (SSSR count). The SMILES string of the molecule is C1CC2CC[C-]1C2.C1CC2CC[C-]1C2.[C-]1=C(c2ccccc2)C(c2ccccc2)=CC1.[CH3-].[Zr+4]. The van der Waals surface area contributed by atoms with Crippen LogP contribution in [0, 0.1) is 37.2 Å². The Labute approximate surface area is 222 Å². The van der Waals surface area contributed by atoms with Gasteiger partial charge in [-0.25, -0.2) is 0 Å². The number of hydrogen-bond acceptors (Lipinski definition) is 0. The van der Waals surface area contributed by atoms with Gasteiger partial charge in [0.15, 0.2) is 0 Å². The van der Waals surface area contributed by atoms with Gasteiger partial charge in [-0.15, -0.1) is 29.3 Å². The Morgan fingerprint density at radius 1 is 0.636 bits per heavy atom. The summed E-state index contributed by atoms with van der Waals surface area (Å²) in [6.07, 6.45) is 21.6. The first-order chi connectivity index (χ1) is 15.3. The molecule has 0 aromatic heterocycles. The van der Waals surface area contributed by atoms with E-state index >= 15 is 0 Å². The molecule has 4 bridgehead atoms. The van der Waals surface area contributed by atoms with E-state index in [-0.39, 0.29) is 33.6 Å². The van der Waals surface area contributed by atoms with Crippen molar-refractivity contribution in [2.75, 3.05) is 0 Å². The zero-order chi connectivity index (χ0) is 20.9. The molecule has 0 amide bonds. The largest absolute Gasteiger partial charge is 4.00 e. The van der Waals surface area contributed by atoms with E-state index in [9.17, 15) is 0 Å². The van der Waals surface area contributed by atoms with E-state index in [2.05, 4.69) is 66.7 Å². The summed E-state index contributed by atoms with van der Waals surface area (Å²) in [7, 11) is 0. The minimum absolute atomic E-state index is 0. The average Bonchev–Trinajstić information content (AvgIpc) is 3.68. The predicted molar refractivity (Wildman–Crippen MR) is 138 cm³/mol. The molecule has 0 saturated heterocycles. The summed E-state index contributed by atoms with van der Waals surface area (Å²) in [4.78, 5) is 0. The predicted octanol–water partition coefficient (Wildman–Crippen LogP) is 9.12. The van der Waals surface area contributed by atoms with Gasteiger partial charge in [-0.2, -0.15) is 50.2 Å². The third-order valence-electron chi connectivity index (χ3n) is 7.78. The minimum atomic E-state index is 0. The number of allylic oxidation sites excluding steroid dienone is 4. The smallest absolute Gasteiger partial charge is 0.358 e. The molecule has 0 unspecified atom stereocenters. The van der Waals surface area contributed by atoms with E-state index in [0.717, 1.165) is 18.3 Å². The number of hydrogen-bond donors (Lipinski definition) is 0. The molecule has 0 spiro atoms. The van der Waals surface area contributed by atoms with Crippen molar-refractivity contribution in [3.63, 3.8) is 0 Å². The number of fused-ring (bicyclic) bond motifs is 4. The van der Waals surface area contributed by atoms with Gasteiger partial charge in [0.1, 0.15) is 0 Å². The average molecular weight is 514 g/mol. The van der Waals surface area contributed by atoms with Crippen LogP contribution >= 0.6 is 0 Å². The summed E-state index contributed by atoms with van der Waals surface area (Å²) in [5.74, 6) is 6.00. The summed E-state index contributed by atoms with van der Waals surface area (Å²) >= 11 is 0. The van der Waals surface area contributed by atoms with Gasteiger partial charge in [0.05, 0.1) is 0 Å². The van der Waals surface area contributed by atoms with Crippen molar-refractivity contribution in [2.24, 2.45) is 11.8 Å². The second kappa shape index (κ2) is 13.0. The topological polar surface area (TPSA) is 0 Å². The maximum atomic E-state index is 3.45. The monoisotopic (exact) mass is 512 g/mol. The number of benzene rings is 2. The van der Waals surface area contributed by atoms with E-state index in [0.29, 0.717) is 0 Å². The first-order valence-electron chi connectivity index (χ1n) is 12.4. The van der Waals surface area contributed by atoms with Crippen molar-refractivity contribution >= 4 is 11.1 Å². The Kier molecular flexibility index (Phi) is 10.4. The summed E-state index contributed by atoms with van der Waals surface area (Å²) in [5.41, 5.74) is 5.06. The van der Waals surface area contributed by atoms with Crippen molar-refractivity contribution in [1.29, 1.82) is 0 Å². The van der Waals surface area contributed by atoms with Gasteiger partial charge >= 0.3 is 26.2 Å². The molecule has 2 aromatic carbocycles. The van der Waals surface area contributed by atoms with Crippen LogP contribution in [0.1, 0.15) is 81.8 Å². The maximum Gasteiger partial charge on any atom is 4.00 e. The molecular weight excluding hydrogens is 476 g/mol. The van der Waals surface area contributed by atoms with Gasteiger partial charge in [-0.1, -0.05) is 98.0 Å². The van der Waals surface area contributed by atoms with E-state index in [1.807, 2.05) is 17.9 Å². The van der Waals surface area contributed by atoms with Crippen LogP contribution in [0.2, 0.25) is 0 Å². The molecule has 1 heteroatoms. The van der Waals surface area contributed by atoms with Crippen LogP contribution in [0.5, 0.6) is 0 Å². The van der Waals surface area contributed by atoms with Crippen LogP contribution in [0.15, 0.2) is 66.7 Å². The zero-order valence-electron chi connectivity index (χ0n) is 20.3. The van der Waals surface area contributed by atoms with Crippen LogP contribution in [-0.2, 0) is 26.2 Å². The molecule has 0 aliphatic heterocycles. The molecule has 4 saturated carbocycles. The van der Waals surface area contributed by atoms with Crippen LogP contribution < -0.4 is 0 Å². The molecule has 5 aliphatic rings. The van der Waals surface area contributed by atoms with Crippen molar-refractivity contribution in [2.45, 2.75) is 70.6 Å². The van der Waals surface area contributed by atoms with Crippen LogP contribution in [0.4, 0.5) is 0 Å². The zero-order valence-corrected chi connectivity index (χ0v) is 22.7. The molecule has 0 radical (unpaired) electrons. The van der Waals surface area contributed by atoms with Gasteiger partial charge in [-0.05, 0) is 0 Å². The van der Waals surface area contributed by atoms with Crippen LogP contribution in [-0.4, -0.2) is 0 Å². The van der Waals surface area contributed by atoms with Crippen molar-refractivity contribution in [3.8, 4) is 0 Å². The van der Waals surface area contributed by atoms with Gasteiger partial charge in [0, 0.05) is 0 Å². The second-order valence-corrected chi connectivity index (χ2v) is 9.90. The first-order valence-corrected chi connectivity index (χ1v) is 12.4. The van der Waals surface area contributed by atoms with Crippen molar-refractivity contribution < 1.29 is 26.2 Å². The van der Waals surface area contributed by atoms with Gasteiger partial charge < -0.3 is 19.3 Å². The van der Waals surface area contributed by atoms with Gasteiger partial charge in [-0.3, -0.25) is 0 Å². The molecule has 33 heavy (non-hydrogen) atoms. The molecular formula is C32H38Zr. The molecule has 5 aliphatic carbocycles. The fourth-order valence-corrected chi connectivity index (χ4v) is 6.00. The quantitative estimate of drug-likeness (QED) is 0.351. The van der Waals surface area contributed by atoms with Gasteiger partial charge in [0.2, 0.25) is 0 Å². The van der Waals surface area contributed by atoms with Crippen LogP contribution in [0.25, 0.3) is 11.1 Å². The Bertz CT molecular complexity index is 783. The Hall–Kier alpha value is -1.20. The van der Waals surface area contributed by atoms with Crippen LogP contribution in [0.3, 0.4) is 0 Å². The molecule has 0 nitrogen and oxygen atoms in total. The maximum absolute atomic E-state index is 3.45. The summed E-state index contributed by atoms with van der Waals surface area (Å²) in [6, 6.07) is 21.0. The molecule has 0 N–H and O–H groups in total. The van der Waals surface area contributed by atoms with Crippen molar-refractivity contribution in [1.82, 2.24) is 0 Å². The van der Waals surface area contributed by atoms with E-state index in [1.165, 1.54) is 86.5 Å². The summed E-state index contributed by atoms with van der Waals surface area (Å²) < 4.78 is 0. The summed E-state index contributed by atoms with van der Waals surface area (Å²) in [5, 5.41) is 0. The second-order valence-electron chi connectivity index (χ2n) is 9.90. The molecule has 0 atom stereocenters. The van der Waals surface area contributed by atoms with E-state index in [4.69, 9.17) is 0 Å². The Balaban J connectivity index is 0.000000158. The molecule has 170 valence electrons. The Morgan fingerprint density at radius 2 is 1.09 bits per heavy atom. The summed E-state index contributed by atoms with van der Waals surface area (Å²) in [6.45, 7) is 0. The first kappa shape index (κ1) is 26.4. The fraction of sp³-hybridized carbons (Fsp3) is 0.406. The normalized spacial score (nSPS) is 21.2. The standard InChI is InChI=1S/C17H13.2C7H11.CH3.Zr/c1-3-8-14(9-4-1)16-12-7-13-17(16)15-10-5-2-6-11-15;2*1-2-7-4-3-6(1)5-7;;/h1-6,8-12H,7H2;2*6H,1-5H2;1H3;/q4*-1;+4. The Morgan fingerprint density at radius 3 is 1.45 bits per heavy atom. The third kappa shape index (κ3) is 6.91. The molecule has 4 fully saturated rings. The minimum Gasteiger partial charge on any atom is -0.358 e. The number of rotatable bonds is 2. The van der Waals surface area contributed by atoms with Crippen molar-refractivity contribution in [3.05, 3.63) is 103 Å². The fourth-order valence-electron chi connectivity index (χ4n) is 6.00. The third-order valence-corrected chi connectivity index (χ3v) is 7.78.